The Kier molecular flexibility index (Phi) is 14.8. The van der Waals surface area contributed by atoms with Crippen LogP contribution in [0, 0.1) is 5.92 Å². The predicted molar refractivity (Wildman–Crippen MR) is 118 cm³/mol. The molecule has 1 amide bonds. The Morgan fingerprint density at radius 2 is 1.22 bits per heavy atom. The summed E-state index contributed by atoms with van der Waals surface area (Å²) >= 11 is 0. The molecule has 0 spiro atoms. The summed E-state index contributed by atoms with van der Waals surface area (Å²) in [5.41, 5.74) is 1.17. The number of amides is 1. The number of unbranched alkanes of at least 4 members (excludes halogenated alkanes) is 11. The monoisotopic (exact) mass is 373 g/mol. The topological polar surface area (TPSA) is 29.1 Å². The standard InChI is InChI=1S/C25H43NO/c1-23(2)18-14-11-9-7-5-3-4-6-8-10-12-17-21-25(27)26-22-24-19-15-13-16-20-24/h13,15-16,19-20,23H,3-12,14,17-18,21-22H2,1-2H3,(H,26,27). The summed E-state index contributed by atoms with van der Waals surface area (Å²) in [6.07, 6.45) is 18.2. The van der Waals surface area contributed by atoms with Crippen molar-refractivity contribution in [3.8, 4) is 0 Å². The maximum Gasteiger partial charge on any atom is 0.220 e. The van der Waals surface area contributed by atoms with Crippen molar-refractivity contribution in [3.05, 3.63) is 35.9 Å². The highest BCUT2D eigenvalue weighted by Gasteiger charge is 2.01. The lowest BCUT2D eigenvalue weighted by molar-refractivity contribution is -0.121. The van der Waals surface area contributed by atoms with E-state index in [-0.39, 0.29) is 5.91 Å². The minimum atomic E-state index is 0.187. The van der Waals surface area contributed by atoms with Gasteiger partial charge >= 0.3 is 0 Å². The van der Waals surface area contributed by atoms with Gasteiger partial charge in [0.1, 0.15) is 0 Å². The summed E-state index contributed by atoms with van der Waals surface area (Å²) in [6.45, 7) is 5.29. The molecule has 1 aromatic rings. The van der Waals surface area contributed by atoms with Gasteiger partial charge in [-0.25, -0.2) is 0 Å². The molecule has 0 fully saturated rings. The van der Waals surface area contributed by atoms with Crippen molar-refractivity contribution in [1.29, 1.82) is 0 Å². The molecule has 1 N–H and O–H groups in total. The molecule has 0 bridgehead atoms. The van der Waals surface area contributed by atoms with E-state index in [4.69, 9.17) is 0 Å². The summed E-state index contributed by atoms with van der Waals surface area (Å²) in [5.74, 6) is 1.06. The van der Waals surface area contributed by atoms with Crippen molar-refractivity contribution in [2.24, 2.45) is 5.92 Å². The van der Waals surface area contributed by atoms with Crippen molar-refractivity contribution in [3.63, 3.8) is 0 Å². The van der Waals surface area contributed by atoms with Gasteiger partial charge in [-0.1, -0.05) is 121 Å². The molecular weight excluding hydrogens is 330 g/mol. The number of carbonyl (C=O) groups is 1. The second kappa shape index (κ2) is 16.8. The Morgan fingerprint density at radius 3 is 1.74 bits per heavy atom. The number of hydrogen-bond acceptors (Lipinski definition) is 1. The van der Waals surface area contributed by atoms with Crippen LogP contribution in [0.4, 0.5) is 0 Å². The van der Waals surface area contributed by atoms with Crippen LogP contribution in [-0.4, -0.2) is 5.91 Å². The zero-order valence-corrected chi connectivity index (χ0v) is 18.0. The van der Waals surface area contributed by atoms with Crippen molar-refractivity contribution in [2.75, 3.05) is 0 Å². The highest BCUT2D eigenvalue weighted by atomic mass is 16.1. The molecule has 154 valence electrons. The summed E-state index contributed by atoms with van der Waals surface area (Å²) in [4.78, 5) is 11.8. The van der Waals surface area contributed by atoms with E-state index in [1.807, 2.05) is 30.3 Å². The van der Waals surface area contributed by atoms with Crippen molar-refractivity contribution in [2.45, 2.75) is 110 Å². The molecule has 0 saturated carbocycles. The molecule has 27 heavy (non-hydrogen) atoms. The van der Waals surface area contributed by atoms with E-state index in [0.717, 1.165) is 12.3 Å². The van der Waals surface area contributed by atoms with Gasteiger partial charge in [0.25, 0.3) is 0 Å². The van der Waals surface area contributed by atoms with Crippen LogP contribution in [-0.2, 0) is 11.3 Å². The van der Waals surface area contributed by atoms with Gasteiger partial charge in [-0.15, -0.1) is 0 Å². The first-order valence-electron chi connectivity index (χ1n) is 11.5. The van der Waals surface area contributed by atoms with Crippen LogP contribution < -0.4 is 5.32 Å². The smallest absolute Gasteiger partial charge is 0.220 e. The van der Waals surface area contributed by atoms with Gasteiger partial charge in [-0.3, -0.25) is 4.79 Å². The fraction of sp³-hybridized carbons (Fsp3) is 0.720. The third-order valence-electron chi connectivity index (χ3n) is 5.27. The predicted octanol–water partition coefficient (Wildman–Crippen LogP) is 7.42. The Hall–Kier alpha value is -1.31. The van der Waals surface area contributed by atoms with Crippen LogP contribution >= 0.6 is 0 Å². The molecule has 0 aliphatic carbocycles. The first-order valence-corrected chi connectivity index (χ1v) is 11.5. The van der Waals surface area contributed by atoms with Crippen molar-refractivity contribution < 1.29 is 4.79 Å². The first kappa shape index (κ1) is 23.7. The Bertz CT molecular complexity index is 455. The second-order valence-electron chi connectivity index (χ2n) is 8.44. The van der Waals surface area contributed by atoms with Crippen LogP contribution in [0.25, 0.3) is 0 Å². The first-order chi connectivity index (χ1) is 13.2. The Morgan fingerprint density at radius 1 is 0.741 bits per heavy atom. The van der Waals surface area contributed by atoms with Gasteiger partial charge in [0.2, 0.25) is 5.91 Å². The maximum absolute atomic E-state index is 11.8. The van der Waals surface area contributed by atoms with Crippen LogP contribution in [0.2, 0.25) is 0 Å². The fourth-order valence-corrected chi connectivity index (χ4v) is 3.49. The highest BCUT2D eigenvalue weighted by molar-refractivity contribution is 5.75. The molecule has 1 aromatic carbocycles. The summed E-state index contributed by atoms with van der Waals surface area (Å²) < 4.78 is 0. The zero-order chi connectivity index (χ0) is 19.6. The minimum Gasteiger partial charge on any atom is -0.352 e. The minimum absolute atomic E-state index is 0.187. The lowest BCUT2D eigenvalue weighted by atomic mass is 10.0. The van der Waals surface area contributed by atoms with E-state index in [1.165, 1.54) is 82.6 Å². The third kappa shape index (κ3) is 15.4. The average molecular weight is 374 g/mol. The molecule has 0 saturated heterocycles. The number of rotatable bonds is 17. The lowest BCUT2D eigenvalue weighted by Crippen LogP contribution is -2.22. The van der Waals surface area contributed by atoms with Gasteiger partial charge in [0, 0.05) is 13.0 Å². The summed E-state index contributed by atoms with van der Waals surface area (Å²) in [5, 5.41) is 3.01. The molecule has 0 aliphatic heterocycles. The van der Waals surface area contributed by atoms with E-state index in [2.05, 4.69) is 19.2 Å². The number of benzene rings is 1. The maximum atomic E-state index is 11.8. The molecule has 0 unspecified atom stereocenters. The Balaban J connectivity index is 1.78. The van der Waals surface area contributed by atoms with Crippen LogP contribution in [0.3, 0.4) is 0 Å². The quantitative estimate of drug-likeness (QED) is 0.283. The fourth-order valence-electron chi connectivity index (χ4n) is 3.49. The SMILES string of the molecule is CC(C)CCCCCCCCCCCCCCC(=O)NCc1ccccc1. The van der Waals surface area contributed by atoms with Crippen LogP contribution in [0.1, 0.15) is 109 Å². The van der Waals surface area contributed by atoms with Crippen molar-refractivity contribution >= 4 is 5.91 Å². The molecule has 0 aliphatic rings. The molecule has 2 nitrogen and oxygen atoms in total. The van der Waals surface area contributed by atoms with E-state index in [1.54, 1.807) is 0 Å². The van der Waals surface area contributed by atoms with Crippen LogP contribution in [0.15, 0.2) is 30.3 Å². The third-order valence-corrected chi connectivity index (χ3v) is 5.27. The van der Waals surface area contributed by atoms with E-state index in [9.17, 15) is 4.79 Å². The van der Waals surface area contributed by atoms with Gasteiger partial charge < -0.3 is 5.32 Å². The molecule has 0 heterocycles. The highest BCUT2D eigenvalue weighted by Crippen LogP contribution is 2.14. The van der Waals surface area contributed by atoms with Gasteiger partial charge in [0.05, 0.1) is 0 Å². The van der Waals surface area contributed by atoms with Crippen LogP contribution in [0.5, 0.6) is 0 Å². The molecule has 2 heteroatoms. The Labute approximate surface area is 168 Å². The average Bonchev–Trinajstić information content (AvgIpc) is 2.67. The van der Waals surface area contributed by atoms with Gasteiger partial charge in [-0.05, 0) is 17.9 Å². The number of hydrogen-bond donors (Lipinski definition) is 1. The number of carbonyl (C=O) groups excluding carboxylic acids is 1. The molecule has 1 rings (SSSR count). The molecule has 0 atom stereocenters. The van der Waals surface area contributed by atoms with E-state index >= 15 is 0 Å². The molecule has 0 radical (unpaired) electrons. The number of nitrogens with one attached hydrogen (secondary N) is 1. The van der Waals surface area contributed by atoms with E-state index < -0.39 is 0 Å². The van der Waals surface area contributed by atoms with Gasteiger partial charge in [0.15, 0.2) is 0 Å². The molecule has 0 aromatic heterocycles. The van der Waals surface area contributed by atoms with Gasteiger partial charge in [-0.2, -0.15) is 0 Å². The normalized spacial score (nSPS) is 11.1. The van der Waals surface area contributed by atoms with E-state index in [0.29, 0.717) is 13.0 Å². The largest absolute Gasteiger partial charge is 0.352 e. The molecular formula is C25H43NO. The zero-order valence-electron chi connectivity index (χ0n) is 18.0. The van der Waals surface area contributed by atoms with Crippen molar-refractivity contribution in [1.82, 2.24) is 5.32 Å². The lowest BCUT2D eigenvalue weighted by Gasteiger charge is -2.06. The second-order valence-corrected chi connectivity index (χ2v) is 8.44. The summed E-state index contributed by atoms with van der Waals surface area (Å²) in [7, 11) is 0. The summed E-state index contributed by atoms with van der Waals surface area (Å²) in [6, 6.07) is 10.1.